The maximum Gasteiger partial charge on any atom is 0.220 e. The molecule has 0 aromatic rings. The van der Waals surface area contributed by atoms with E-state index in [1.54, 1.807) is 6.92 Å². The summed E-state index contributed by atoms with van der Waals surface area (Å²) in [6.07, 6.45) is 4.03. The van der Waals surface area contributed by atoms with Crippen LogP contribution >= 0.6 is 0 Å². The number of rotatable bonds is 0. The highest BCUT2D eigenvalue weighted by atomic mass is 16.2. The molecule has 0 N–H and O–H groups in total. The van der Waals surface area contributed by atoms with Crippen LogP contribution in [0.4, 0.5) is 0 Å². The number of piperidine rings is 1. The SMILES string of the molecule is CC(=O)N1[C@H]2C=C[C@@H]1C(C)(C)C(=O)C2(C)C. The Morgan fingerprint density at radius 3 is 1.81 bits per heavy atom. The predicted molar refractivity (Wildman–Crippen MR) is 61.8 cm³/mol. The average molecular weight is 221 g/mol. The number of hydrogen-bond donors (Lipinski definition) is 0. The van der Waals surface area contributed by atoms with Crippen LogP contribution < -0.4 is 0 Å². The van der Waals surface area contributed by atoms with Gasteiger partial charge in [-0.2, -0.15) is 0 Å². The van der Waals surface area contributed by atoms with E-state index in [0.29, 0.717) is 0 Å². The van der Waals surface area contributed by atoms with Crippen molar-refractivity contribution >= 4 is 11.7 Å². The quantitative estimate of drug-likeness (QED) is 0.585. The van der Waals surface area contributed by atoms with E-state index in [9.17, 15) is 9.59 Å². The molecule has 2 rings (SSSR count). The third-order valence-corrected chi connectivity index (χ3v) is 4.09. The molecule has 2 bridgehead atoms. The van der Waals surface area contributed by atoms with Crippen LogP contribution in [0.3, 0.4) is 0 Å². The van der Waals surface area contributed by atoms with Crippen molar-refractivity contribution in [3.05, 3.63) is 12.2 Å². The molecule has 0 unspecified atom stereocenters. The first-order valence-electron chi connectivity index (χ1n) is 5.73. The number of ketones is 1. The fourth-order valence-corrected chi connectivity index (χ4v) is 3.24. The number of fused-ring (bicyclic) bond motifs is 2. The summed E-state index contributed by atoms with van der Waals surface area (Å²) in [6.45, 7) is 9.31. The van der Waals surface area contributed by atoms with E-state index >= 15 is 0 Å². The molecule has 2 atom stereocenters. The van der Waals surface area contributed by atoms with Crippen molar-refractivity contribution in [1.82, 2.24) is 4.90 Å². The van der Waals surface area contributed by atoms with Gasteiger partial charge in [-0.15, -0.1) is 0 Å². The molecular formula is C13H19NO2. The Balaban J connectivity index is 2.55. The van der Waals surface area contributed by atoms with E-state index in [1.165, 1.54) is 0 Å². The molecule has 0 aliphatic carbocycles. The summed E-state index contributed by atoms with van der Waals surface area (Å²) < 4.78 is 0. The molecule has 88 valence electrons. The van der Waals surface area contributed by atoms with Crippen molar-refractivity contribution in [3.8, 4) is 0 Å². The highest BCUT2D eigenvalue weighted by Crippen LogP contribution is 2.48. The average Bonchev–Trinajstić information content (AvgIpc) is 2.57. The summed E-state index contributed by atoms with van der Waals surface area (Å²) in [6, 6.07) is -0.147. The van der Waals surface area contributed by atoms with E-state index in [4.69, 9.17) is 0 Å². The molecule has 0 radical (unpaired) electrons. The second kappa shape index (κ2) is 2.96. The number of Topliss-reactive ketones (excluding diaryl/α,β-unsaturated/α-hetero) is 1. The summed E-state index contributed by atoms with van der Waals surface area (Å²) in [5.41, 5.74) is -0.975. The van der Waals surface area contributed by atoms with Gasteiger partial charge < -0.3 is 4.90 Å². The van der Waals surface area contributed by atoms with Crippen LogP contribution in [-0.2, 0) is 9.59 Å². The fraction of sp³-hybridized carbons (Fsp3) is 0.692. The topological polar surface area (TPSA) is 37.4 Å². The lowest BCUT2D eigenvalue weighted by Crippen LogP contribution is -2.63. The van der Waals surface area contributed by atoms with Crippen LogP contribution in [0.25, 0.3) is 0 Å². The monoisotopic (exact) mass is 221 g/mol. The summed E-state index contributed by atoms with van der Waals surface area (Å²) >= 11 is 0. The van der Waals surface area contributed by atoms with Gasteiger partial charge in [-0.05, 0) is 0 Å². The minimum absolute atomic E-state index is 0.0497. The summed E-state index contributed by atoms with van der Waals surface area (Å²) in [5.74, 6) is 0.297. The van der Waals surface area contributed by atoms with E-state index in [1.807, 2.05) is 44.7 Å². The van der Waals surface area contributed by atoms with Crippen molar-refractivity contribution < 1.29 is 9.59 Å². The molecule has 2 heterocycles. The molecule has 0 aromatic carbocycles. The van der Waals surface area contributed by atoms with Gasteiger partial charge in [0.05, 0.1) is 12.1 Å². The zero-order valence-electron chi connectivity index (χ0n) is 10.6. The minimum atomic E-state index is -0.487. The molecule has 3 nitrogen and oxygen atoms in total. The van der Waals surface area contributed by atoms with Crippen molar-refractivity contribution in [2.75, 3.05) is 0 Å². The molecular weight excluding hydrogens is 202 g/mol. The summed E-state index contributed by atoms with van der Waals surface area (Å²) in [4.78, 5) is 26.0. The first-order valence-corrected chi connectivity index (χ1v) is 5.73. The van der Waals surface area contributed by atoms with Crippen molar-refractivity contribution in [3.63, 3.8) is 0 Å². The van der Waals surface area contributed by atoms with Crippen LogP contribution in [0.2, 0.25) is 0 Å². The Labute approximate surface area is 96.5 Å². The van der Waals surface area contributed by atoms with Gasteiger partial charge in [0.2, 0.25) is 5.91 Å². The molecule has 1 saturated heterocycles. The van der Waals surface area contributed by atoms with Crippen LogP contribution in [0.5, 0.6) is 0 Å². The third-order valence-electron chi connectivity index (χ3n) is 4.09. The normalized spacial score (nSPS) is 34.3. The van der Waals surface area contributed by atoms with Gasteiger partial charge in [0.1, 0.15) is 5.78 Å². The molecule has 2 aliphatic heterocycles. The number of nitrogens with zero attached hydrogens (tertiary/aromatic N) is 1. The molecule has 1 fully saturated rings. The Bertz CT molecular complexity index is 365. The Morgan fingerprint density at radius 2 is 1.50 bits per heavy atom. The zero-order valence-corrected chi connectivity index (χ0v) is 10.6. The van der Waals surface area contributed by atoms with Crippen LogP contribution in [0.15, 0.2) is 12.2 Å². The maximum atomic E-state index is 12.4. The zero-order chi connectivity index (χ0) is 12.3. The molecule has 0 saturated carbocycles. The highest BCUT2D eigenvalue weighted by molar-refractivity contribution is 5.95. The Kier molecular flexibility index (Phi) is 2.10. The third kappa shape index (κ3) is 1.14. The fourth-order valence-electron chi connectivity index (χ4n) is 3.24. The largest absolute Gasteiger partial charge is 0.328 e. The second-order valence-corrected chi connectivity index (χ2v) is 5.97. The van der Waals surface area contributed by atoms with E-state index in [-0.39, 0.29) is 23.8 Å². The van der Waals surface area contributed by atoms with Crippen molar-refractivity contribution in [2.45, 2.75) is 46.7 Å². The van der Waals surface area contributed by atoms with Crippen LogP contribution in [0, 0.1) is 10.8 Å². The predicted octanol–water partition coefficient (Wildman–Crippen LogP) is 1.78. The van der Waals surface area contributed by atoms with Gasteiger partial charge in [-0.25, -0.2) is 0 Å². The molecule has 16 heavy (non-hydrogen) atoms. The van der Waals surface area contributed by atoms with Gasteiger partial charge in [-0.3, -0.25) is 9.59 Å². The van der Waals surface area contributed by atoms with E-state index in [2.05, 4.69) is 0 Å². The van der Waals surface area contributed by atoms with Gasteiger partial charge in [0.15, 0.2) is 0 Å². The van der Waals surface area contributed by atoms with E-state index in [0.717, 1.165) is 0 Å². The van der Waals surface area contributed by atoms with Crippen molar-refractivity contribution in [2.24, 2.45) is 10.8 Å². The van der Waals surface area contributed by atoms with Gasteiger partial charge in [0.25, 0.3) is 0 Å². The number of amides is 1. The Morgan fingerprint density at radius 1 is 1.12 bits per heavy atom. The van der Waals surface area contributed by atoms with Gasteiger partial charge in [0, 0.05) is 17.8 Å². The number of carbonyl (C=O) groups excluding carboxylic acids is 2. The lowest BCUT2D eigenvalue weighted by atomic mass is 9.64. The van der Waals surface area contributed by atoms with Crippen LogP contribution in [0.1, 0.15) is 34.6 Å². The lowest BCUT2D eigenvalue weighted by molar-refractivity contribution is -0.156. The van der Waals surface area contributed by atoms with Gasteiger partial charge in [-0.1, -0.05) is 39.8 Å². The molecule has 1 amide bonds. The second-order valence-electron chi connectivity index (χ2n) is 5.97. The maximum absolute atomic E-state index is 12.4. The van der Waals surface area contributed by atoms with Gasteiger partial charge >= 0.3 is 0 Å². The van der Waals surface area contributed by atoms with E-state index < -0.39 is 10.8 Å². The molecule has 3 heteroatoms. The lowest BCUT2D eigenvalue weighted by Gasteiger charge is -2.51. The first kappa shape index (κ1) is 11.4. The summed E-state index contributed by atoms with van der Waals surface area (Å²) in [7, 11) is 0. The highest BCUT2D eigenvalue weighted by Gasteiger charge is 2.58. The number of hydrogen-bond acceptors (Lipinski definition) is 2. The standard InChI is InChI=1S/C13H19NO2/c1-8(15)14-9-6-7-10(14)13(4,5)11(16)12(9,2)3/h6-7,9-10H,1-5H3/t9-,10+. The number of carbonyl (C=O) groups is 2. The van der Waals surface area contributed by atoms with Crippen LogP contribution in [-0.4, -0.2) is 28.7 Å². The smallest absolute Gasteiger partial charge is 0.220 e. The molecule has 0 aromatic heterocycles. The molecule has 2 aliphatic rings. The Hall–Kier alpha value is -1.12. The first-order chi connectivity index (χ1) is 7.20. The van der Waals surface area contributed by atoms with Crippen molar-refractivity contribution in [1.29, 1.82) is 0 Å². The minimum Gasteiger partial charge on any atom is -0.328 e. The summed E-state index contributed by atoms with van der Waals surface area (Å²) in [5, 5.41) is 0. The molecule has 0 spiro atoms.